The van der Waals surface area contributed by atoms with Crippen molar-refractivity contribution in [3.05, 3.63) is 77.8 Å². The number of H-pyrrole nitrogens is 2. The summed E-state index contributed by atoms with van der Waals surface area (Å²) in [4.78, 5) is 27.1. The van der Waals surface area contributed by atoms with E-state index in [2.05, 4.69) is 25.1 Å². The Morgan fingerprint density at radius 3 is 3.04 bits per heavy atom. The maximum absolute atomic E-state index is 13.2. The maximum atomic E-state index is 13.2. The number of para-hydroxylation sites is 1. The van der Waals surface area contributed by atoms with Crippen molar-refractivity contribution in [1.82, 2.24) is 30.0 Å². The highest BCUT2D eigenvalue weighted by Gasteiger charge is 2.34. The predicted molar refractivity (Wildman–Crippen MR) is 99.9 cm³/mol. The average molecular weight is 358 g/mol. The molecule has 0 saturated carbocycles. The molecule has 3 aromatic heterocycles. The van der Waals surface area contributed by atoms with Crippen molar-refractivity contribution in [2.45, 2.75) is 18.9 Å². The molecule has 5 rings (SSSR count). The summed E-state index contributed by atoms with van der Waals surface area (Å²) in [5.41, 5.74) is 4.66. The van der Waals surface area contributed by atoms with E-state index in [9.17, 15) is 4.79 Å². The normalized spacial score (nSPS) is 16.4. The third-order valence-corrected chi connectivity index (χ3v) is 5.11. The molecule has 1 aromatic carbocycles. The molecule has 1 amide bonds. The third kappa shape index (κ3) is 2.68. The molecule has 1 unspecified atom stereocenters. The topological polar surface area (TPSA) is 90.6 Å². The van der Waals surface area contributed by atoms with E-state index in [0.717, 1.165) is 40.0 Å². The summed E-state index contributed by atoms with van der Waals surface area (Å²) in [6.45, 7) is 0.639. The largest absolute Gasteiger partial charge is 0.348 e. The molecule has 0 aliphatic carbocycles. The van der Waals surface area contributed by atoms with Crippen molar-refractivity contribution in [1.29, 1.82) is 0 Å². The first-order valence-corrected chi connectivity index (χ1v) is 8.95. The van der Waals surface area contributed by atoms with Crippen LogP contribution in [0.15, 0.2) is 55.1 Å². The lowest BCUT2D eigenvalue weighted by Crippen LogP contribution is -2.41. The first kappa shape index (κ1) is 15.7. The number of carbonyl (C=O) groups excluding carboxylic acids is 1. The van der Waals surface area contributed by atoms with Gasteiger partial charge in [0, 0.05) is 36.4 Å². The number of carbonyl (C=O) groups is 1. The second kappa shape index (κ2) is 6.35. The van der Waals surface area contributed by atoms with Crippen molar-refractivity contribution in [3.63, 3.8) is 0 Å². The summed E-state index contributed by atoms with van der Waals surface area (Å²) >= 11 is 0. The zero-order chi connectivity index (χ0) is 18.2. The minimum atomic E-state index is -0.226. The molecule has 0 radical (unpaired) electrons. The fraction of sp³-hybridized carbons (Fsp3) is 0.200. The third-order valence-electron chi connectivity index (χ3n) is 5.11. The van der Waals surface area contributed by atoms with Gasteiger partial charge in [-0.2, -0.15) is 5.10 Å². The van der Waals surface area contributed by atoms with Crippen LogP contribution in [0, 0.1) is 0 Å². The fourth-order valence-corrected chi connectivity index (χ4v) is 3.82. The molecular formula is C20H18N6O. The van der Waals surface area contributed by atoms with Gasteiger partial charge in [0.25, 0.3) is 0 Å². The standard InChI is InChI=1S/C20H18N6O/c27-18(10-17-14-5-1-2-6-15(14)24-25-17)26-9-7-16-19(23-12-22-16)20(26)13-4-3-8-21-11-13/h1-6,8,11-12,20H,7,9-10H2,(H,22,23)(H,24,25). The monoisotopic (exact) mass is 358 g/mol. The van der Waals surface area contributed by atoms with E-state index >= 15 is 0 Å². The quantitative estimate of drug-likeness (QED) is 0.588. The number of nitrogens with one attached hydrogen (secondary N) is 2. The number of amides is 1. The minimum absolute atomic E-state index is 0.0481. The van der Waals surface area contributed by atoms with Gasteiger partial charge >= 0.3 is 0 Å². The highest BCUT2D eigenvalue weighted by molar-refractivity contribution is 5.87. The first-order valence-electron chi connectivity index (χ1n) is 8.95. The van der Waals surface area contributed by atoms with Crippen molar-refractivity contribution in [3.8, 4) is 0 Å². The number of aromatic nitrogens is 5. The number of hydrogen-bond acceptors (Lipinski definition) is 4. The highest BCUT2D eigenvalue weighted by atomic mass is 16.2. The number of hydrogen-bond donors (Lipinski definition) is 2. The van der Waals surface area contributed by atoms with Crippen LogP contribution in [-0.4, -0.2) is 42.5 Å². The van der Waals surface area contributed by atoms with E-state index < -0.39 is 0 Å². The lowest BCUT2D eigenvalue weighted by Gasteiger charge is -2.35. The minimum Gasteiger partial charge on any atom is -0.348 e. The number of imidazole rings is 1. The zero-order valence-corrected chi connectivity index (χ0v) is 14.6. The van der Waals surface area contributed by atoms with Gasteiger partial charge in [0.15, 0.2) is 0 Å². The Balaban J connectivity index is 1.50. The van der Waals surface area contributed by atoms with Gasteiger partial charge in [-0.25, -0.2) is 4.98 Å². The van der Waals surface area contributed by atoms with Gasteiger partial charge in [-0.15, -0.1) is 0 Å². The van der Waals surface area contributed by atoms with Gasteiger partial charge < -0.3 is 9.88 Å². The van der Waals surface area contributed by atoms with E-state index in [0.29, 0.717) is 6.54 Å². The Morgan fingerprint density at radius 1 is 1.22 bits per heavy atom. The van der Waals surface area contributed by atoms with Crippen LogP contribution in [0.4, 0.5) is 0 Å². The number of rotatable bonds is 3. The van der Waals surface area contributed by atoms with E-state index in [1.807, 2.05) is 41.3 Å². The Morgan fingerprint density at radius 2 is 2.15 bits per heavy atom. The number of aromatic amines is 2. The summed E-state index contributed by atoms with van der Waals surface area (Å²) in [5.74, 6) is 0.0481. The van der Waals surface area contributed by atoms with E-state index in [1.54, 1.807) is 18.7 Å². The zero-order valence-electron chi connectivity index (χ0n) is 14.6. The Hall–Kier alpha value is -3.48. The molecule has 2 N–H and O–H groups in total. The molecule has 1 atom stereocenters. The van der Waals surface area contributed by atoms with Crippen LogP contribution in [0.3, 0.4) is 0 Å². The van der Waals surface area contributed by atoms with Gasteiger partial charge in [-0.3, -0.25) is 14.9 Å². The van der Waals surface area contributed by atoms with Crippen molar-refractivity contribution < 1.29 is 4.79 Å². The predicted octanol–water partition coefficient (Wildman–Crippen LogP) is 2.40. The summed E-state index contributed by atoms with van der Waals surface area (Å²) in [6.07, 6.45) is 6.28. The smallest absolute Gasteiger partial charge is 0.229 e. The first-order chi connectivity index (χ1) is 13.3. The summed E-state index contributed by atoms with van der Waals surface area (Å²) in [6, 6.07) is 11.5. The molecule has 27 heavy (non-hydrogen) atoms. The lowest BCUT2D eigenvalue weighted by molar-refractivity contribution is -0.132. The Labute approximate surface area is 155 Å². The van der Waals surface area contributed by atoms with Crippen LogP contribution in [0.1, 0.15) is 28.7 Å². The molecule has 1 aliphatic rings. The molecular weight excluding hydrogens is 340 g/mol. The van der Waals surface area contributed by atoms with Crippen LogP contribution in [-0.2, 0) is 17.6 Å². The number of fused-ring (bicyclic) bond motifs is 2. The molecule has 134 valence electrons. The maximum Gasteiger partial charge on any atom is 0.229 e. The van der Waals surface area contributed by atoms with Gasteiger partial charge in [-0.05, 0) is 17.7 Å². The molecule has 4 aromatic rings. The van der Waals surface area contributed by atoms with E-state index in [4.69, 9.17) is 0 Å². The Kier molecular flexibility index (Phi) is 3.71. The molecule has 0 bridgehead atoms. The Bertz CT molecular complexity index is 1100. The van der Waals surface area contributed by atoms with Gasteiger partial charge in [-0.1, -0.05) is 24.3 Å². The summed E-state index contributed by atoms with van der Waals surface area (Å²) in [5, 5.41) is 8.31. The van der Waals surface area contributed by atoms with E-state index in [1.165, 1.54) is 0 Å². The van der Waals surface area contributed by atoms with Crippen molar-refractivity contribution >= 4 is 16.8 Å². The number of nitrogens with zero attached hydrogens (tertiary/aromatic N) is 4. The van der Waals surface area contributed by atoms with Crippen LogP contribution in [0.2, 0.25) is 0 Å². The van der Waals surface area contributed by atoms with Crippen molar-refractivity contribution in [2.24, 2.45) is 0 Å². The molecule has 0 saturated heterocycles. The molecule has 0 spiro atoms. The SMILES string of the molecule is O=C(Cc1[nH]nc2ccccc12)N1CCc2[nH]cnc2C1c1cccnc1. The number of benzene rings is 1. The fourth-order valence-electron chi connectivity index (χ4n) is 3.82. The van der Waals surface area contributed by atoms with E-state index in [-0.39, 0.29) is 18.4 Å². The summed E-state index contributed by atoms with van der Waals surface area (Å²) in [7, 11) is 0. The number of pyridine rings is 1. The molecule has 7 heteroatoms. The van der Waals surface area contributed by atoms with Crippen LogP contribution in [0.25, 0.3) is 10.9 Å². The average Bonchev–Trinajstić information content (AvgIpc) is 3.35. The van der Waals surface area contributed by atoms with Crippen LogP contribution < -0.4 is 0 Å². The van der Waals surface area contributed by atoms with Gasteiger partial charge in [0.1, 0.15) is 6.04 Å². The second-order valence-corrected chi connectivity index (χ2v) is 6.69. The van der Waals surface area contributed by atoms with Crippen LogP contribution >= 0.6 is 0 Å². The molecule has 7 nitrogen and oxygen atoms in total. The lowest BCUT2D eigenvalue weighted by atomic mass is 9.96. The second-order valence-electron chi connectivity index (χ2n) is 6.69. The van der Waals surface area contributed by atoms with Crippen LogP contribution in [0.5, 0.6) is 0 Å². The molecule has 0 fully saturated rings. The summed E-state index contributed by atoms with van der Waals surface area (Å²) < 4.78 is 0. The van der Waals surface area contributed by atoms with Crippen molar-refractivity contribution in [2.75, 3.05) is 6.54 Å². The van der Waals surface area contributed by atoms with Gasteiger partial charge in [0.05, 0.1) is 29.7 Å². The molecule has 1 aliphatic heterocycles. The highest BCUT2D eigenvalue weighted by Crippen LogP contribution is 2.33. The van der Waals surface area contributed by atoms with Gasteiger partial charge in [0.2, 0.25) is 5.91 Å². The molecule has 4 heterocycles.